The van der Waals surface area contributed by atoms with Crippen LogP contribution in [0.2, 0.25) is 0 Å². The molecule has 0 spiro atoms. The number of benzene rings is 1. The standard InChI is InChI=1S/C23H25N3O3/c1-15-12-18(7-6-16-13-24-20-5-3-2-4-19(16)20)29-23(28)21(15)22(27)26-11-10-25-9-8-17(26)14-25/h2-5,12-13,17,24H,6-11,14H2,1H3. The molecular formula is C23H25N3O3. The molecule has 2 atom stereocenters. The van der Waals surface area contributed by atoms with E-state index in [1.807, 2.05) is 42.3 Å². The topological polar surface area (TPSA) is 69.5 Å². The van der Waals surface area contributed by atoms with Gasteiger partial charge in [0, 0.05) is 55.7 Å². The van der Waals surface area contributed by atoms with Gasteiger partial charge < -0.3 is 14.3 Å². The number of carbonyl (C=O) groups excluding carboxylic acids is 1. The van der Waals surface area contributed by atoms with Crippen molar-refractivity contribution < 1.29 is 9.21 Å². The molecule has 1 aromatic carbocycles. The van der Waals surface area contributed by atoms with Crippen molar-refractivity contribution in [3.8, 4) is 0 Å². The van der Waals surface area contributed by atoms with Crippen molar-refractivity contribution in [2.75, 3.05) is 26.2 Å². The molecule has 2 bridgehead atoms. The number of amides is 1. The molecule has 6 heteroatoms. The van der Waals surface area contributed by atoms with Gasteiger partial charge >= 0.3 is 5.63 Å². The predicted octanol–water partition coefficient (Wildman–Crippen LogP) is 2.74. The maximum atomic E-state index is 13.1. The van der Waals surface area contributed by atoms with E-state index >= 15 is 0 Å². The molecule has 1 amide bonds. The van der Waals surface area contributed by atoms with Gasteiger partial charge in [-0.2, -0.15) is 0 Å². The highest BCUT2D eigenvalue weighted by Gasteiger charge is 2.36. The van der Waals surface area contributed by atoms with E-state index < -0.39 is 5.63 Å². The van der Waals surface area contributed by atoms with Crippen molar-refractivity contribution in [3.05, 3.63) is 69.4 Å². The van der Waals surface area contributed by atoms with Gasteiger partial charge in [0.2, 0.25) is 0 Å². The Labute approximate surface area is 169 Å². The third-order valence-corrected chi connectivity index (χ3v) is 6.34. The molecule has 29 heavy (non-hydrogen) atoms. The number of piperazine rings is 1. The highest BCUT2D eigenvalue weighted by atomic mass is 16.4. The van der Waals surface area contributed by atoms with Crippen molar-refractivity contribution in [1.29, 1.82) is 0 Å². The fourth-order valence-corrected chi connectivity index (χ4v) is 4.76. The first-order valence-electron chi connectivity index (χ1n) is 10.3. The van der Waals surface area contributed by atoms with Crippen molar-refractivity contribution in [2.24, 2.45) is 0 Å². The van der Waals surface area contributed by atoms with E-state index in [0.29, 0.717) is 24.3 Å². The molecule has 4 heterocycles. The molecule has 0 radical (unpaired) electrons. The number of rotatable bonds is 4. The molecule has 2 aliphatic heterocycles. The molecule has 5 rings (SSSR count). The number of aromatic nitrogens is 1. The Balaban J connectivity index is 1.35. The fourth-order valence-electron chi connectivity index (χ4n) is 4.76. The Morgan fingerprint density at radius 2 is 2.07 bits per heavy atom. The lowest BCUT2D eigenvalue weighted by Gasteiger charge is -2.34. The number of aromatic amines is 1. The van der Waals surface area contributed by atoms with E-state index in [1.165, 1.54) is 10.9 Å². The van der Waals surface area contributed by atoms with Crippen LogP contribution in [0.4, 0.5) is 0 Å². The van der Waals surface area contributed by atoms with Crippen LogP contribution in [0.3, 0.4) is 0 Å². The average molecular weight is 391 g/mol. The minimum atomic E-state index is -0.510. The summed E-state index contributed by atoms with van der Waals surface area (Å²) in [6, 6.07) is 10.2. The fraction of sp³-hybridized carbons (Fsp3) is 0.391. The summed E-state index contributed by atoms with van der Waals surface area (Å²) in [4.78, 5) is 33.3. The second kappa shape index (κ2) is 7.19. The quantitative estimate of drug-likeness (QED) is 0.743. The lowest BCUT2D eigenvalue weighted by atomic mass is 10.0. The maximum Gasteiger partial charge on any atom is 0.349 e. The highest BCUT2D eigenvalue weighted by molar-refractivity contribution is 5.95. The van der Waals surface area contributed by atoms with Gasteiger partial charge in [-0.1, -0.05) is 18.2 Å². The SMILES string of the molecule is Cc1cc(CCc2c[nH]c3ccccc23)oc(=O)c1C(=O)N1CCN2CCC1C2. The van der Waals surface area contributed by atoms with Crippen LogP contribution in [0, 0.1) is 6.92 Å². The van der Waals surface area contributed by atoms with Crippen LogP contribution in [0.25, 0.3) is 10.9 Å². The van der Waals surface area contributed by atoms with Crippen molar-refractivity contribution >= 4 is 16.8 Å². The minimum Gasteiger partial charge on any atom is -0.427 e. The van der Waals surface area contributed by atoms with Crippen LogP contribution in [-0.4, -0.2) is 52.9 Å². The minimum absolute atomic E-state index is 0.175. The maximum absolute atomic E-state index is 13.1. The highest BCUT2D eigenvalue weighted by Crippen LogP contribution is 2.23. The van der Waals surface area contributed by atoms with Crippen LogP contribution in [-0.2, 0) is 12.8 Å². The molecule has 3 aromatic rings. The summed E-state index contributed by atoms with van der Waals surface area (Å²) in [5, 5.41) is 1.19. The van der Waals surface area contributed by atoms with Crippen LogP contribution in [0.15, 0.2) is 45.7 Å². The van der Waals surface area contributed by atoms with Crippen molar-refractivity contribution in [2.45, 2.75) is 32.2 Å². The predicted molar refractivity (Wildman–Crippen MR) is 111 cm³/mol. The number of nitrogens with one attached hydrogen (secondary N) is 1. The molecule has 6 nitrogen and oxygen atoms in total. The van der Waals surface area contributed by atoms with E-state index in [-0.39, 0.29) is 17.5 Å². The van der Waals surface area contributed by atoms with Crippen molar-refractivity contribution in [3.63, 3.8) is 0 Å². The van der Waals surface area contributed by atoms with E-state index in [9.17, 15) is 9.59 Å². The lowest BCUT2D eigenvalue weighted by Crippen LogP contribution is -2.50. The van der Waals surface area contributed by atoms with E-state index in [4.69, 9.17) is 4.42 Å². The smallest absolute Gasteiger partial charge is 0.349 e. The largest absolute Gasteiger partial charge is 0.427 e. The molecule has 0 aliphatic carbocycles. The summed E-state index contributed by atoms with van der Waals surface area (Å²) in [7, 11) is 0. The van der Waals surface area contributed by atoms with Crippen LogP contribution >= 0.6 is 0 Å². The summed E-state index contributed by atoms with van der Waals surface area (Å²) in [5.74, 6) is 0.450. The van der Waals surface area contributed by atoms with Crippen molar-refractivity contribution in [1.82, 2.24) is 14.8 Å². The molecule has 2 unspecified atom stereocenters. The van der Waals surface area contributed by atoms with Gasteiger partial charge in [0.25, 0.3) is 5.91 Å². The number of aryl methyl sites for hydroxylation is 3. The molecule has 1 N–H and O–H groups in total. The normalized spacial score (nSPS) is 21.1. The number of para-hydroxylation sites is 1. The Morgan fingerprint density at radius 3 is 2.93 bits per heavy atom. The van der Waals surface area contributed by atoms with Gasteiger partial charge in [-0.15, -0.1) is 0 Å². The lowest BCUT2D eigenvalue weighted by molar-refractivity contribution is 0.0603. The van der Waals surface area contributed by atoms with E-state index in [2.05, 4.69) is 16.0 Å². The third-order valence-electron chi connectivity index (χ3n) is 6.34. The van der Waals surface area contributed by atoms with Gasteiger partial charge in [0.1, 0.15) is 11.3 Å². The Morgan fingerprint density at radius 1 is 1.21 bits per heavy atom. The molecule has 2 fully saturated rings. The van der Waals surface area contributed by atoms with Crippen LogP contribution in [0.5, 0.6) is 0 Å². The first kappa shape index (κ1) is 18.2. The van der Waals surface area contributed by atoms with Crippen LogP contribution < -0.4 is 5.63 Å². The van der Waals surface area contributed by atoms with E-state index in [1.54, 1.807) is 0 Å². The molecule has 0 saturated carbocycles. The second-order valence-corrected chi connectivity index (χ2v) is 8.16. The first-order valence-corrected chi connectivity index (χ1v) is 10.3. The molecule has 150 valence electrons. The van der Waals surface area contributed by atoms with Crippen LogP contribution in [0.1, 0.15) is 33.7 Å². The Bertz CT molecular complexity index is 1130. The summed E-state index contributed by atoms with van der Waals surface area (Å²) >= 11 is 0. The zero-order valence-corrected chi connectivity index (χ0v) is 16.6. The monoisotopic (exact) mass is 391 g/mol. The second-order valence-electron chi connectivity index (χ2n) is 8.16. The molecule has 2 aromatic heterocycles. The number of hydrogen-bond acceptors (Lipinski definition) is 4. The average Bonchev–Trinajstić information content (AvgIpc) is 3.29. The molecule has 2 saturated heterocycles. The van der Waals surface area contributed by atoms with Gasteiger partial charge in [0.15, 0.2) is 0 Å². The summed E-state index contributed by atoms with van der Waals surface area (Å²) in [5.41, 5.74) is 2.69. The third kappa shape index (κ3) is 3.27. The summed E-state index contributed by atoms with van der Waals surface area (Å²) in [6.07, 6.45) is 4.38. The first-order chi connectivity index (χ1) is 14.1. The summed E-state index contributed by atoms with van der Waals surface area (Å²) < 4.78 is 5.57. The van der Waals surface area contributed by atoms with Gasteiger partial charge in [-0.3, -0.25) is 9.69 Å². The number of hydrogen-bond donors (Lipinski definition) is 1. The zero-order chi connectivity index (χ0) is 20.0. The Kier molecular flexibility index (Phi) is 4.51. The van der Waals surface area contributed by atoms with Gasteiger partial charge in [-0.25, -0.2) is 4.79 Å². The molecule has 2 aliphatic rings. The number of fused-ring (bicyclic) bond motifs is 3. The van der Waals surface area contributed by atoms with Gasteiger partial charge in [-0.05, 0) is 43.0 Å². The Hall–Kier alpha value is -2.86. The summed E-state index contributed by atoms with van der Waals surface area (Å²) in [6.45, 7) is 5.36. The number of H-pyrrole nitrogens is 1. The number of nitrogens with zero attached hydrogens (tertiary/aromatic N) is 2. The van der Waals surface area contributed by atoms with E-state index in [0.717, 1.165) is 38.0 Å². The zero-order valence-electron chi connectivity index (χ0n) is 16.6. The molecular weight excluding hydrogens is 366 g/mol. The van der Waals surface area contributed by atoms with Gasteiger partial charge in [0.05, 0.1) is 0 Å². The number of carbonyl (C=O) groups is 1.